The summed E-state index contributed by atoms with van der Waals surface area (Å²) in [6, 6.07) is -1.10. The van der Waals surface area contributed by atoms with Gasteiger partial charge in [0.1, 0.15) is 6.04 Å². The Morgan fingerprint density at radius 3 is 2.45 bits per heavy atom. The molecule has 0 saturated heterocycles. The number of aliphatic carboxylic acids is 1. The van der Waals surface area contributed by atoms with Crippen LogP contribution in [-0.2, 0) is 4.79 Å². The van der Waals surface area contributed by atoms with Crippen molar-refractivity contribution in [3.05, 3.63) is 11.6 Å². The zero-order valence-electron chi connectivity index (χ0n) is 5.83. The summed E-state index contributed by atoms with van der Waals surface area (Å²) in [5.74, 6) is -1.16. The normalized spacial score (nSPS) is 15.5. The standard InChI is InChI=1S/C6H10ClNO3/c1-3(7)5(9)2-4(8)6(10)11/h4-5,9H,1-2,8H2,(H,10,11). The molecule has 0 heterocycles. The first-order valence-corrected chi connectivity index (χ1v) is 3.33. The smallest absolute Gasteiger partial charge is 0.320 e. The van der Waals surface area contributed by atoms with E-state index in [0.29, 0.717) is 0 Å². The second-order valence-electron chi connectivity index (χ2n) is 2.14. The van der Waals surface area contributed by atoms with Crippen LogP contribution >= 0.6 is 11.6 Å². The van der Waals surface area contributed by atoms with Gasteiger partial charge in [-0.25, -0.2) is 0 Å². The molecule has 0 aliphatic rings. The third-order valence-electron chi connectivity index (χ3n) is 1.16. The van der Waals surface area contributed by atoms with Crippen molar-refractivity contribution in [1.29, 1.82) is 0 Å². The van der Waals surface area contributed by atoms with Crippen LogP contribution in [0.4, 0.5) is 0 Å². The molecule has 0 fully saturated rings. The first-order chi connectivity index (χ1) is 4.95. The van der Waals surface area contributed by atoms with Crippen molar-refractivity contribution in [2.45, 2.75) is 18.6 Å². The highest BCUT2D eigenvalue weighted by atomic mass is 35.5. The lowest BCUT2D eigenvalue weighted by Crippen LogP contribution is -2.34. The van der Waals surface area contributed by atoms with Gasteiger partial charge in [0.15, 0.2) is 0 Å². The van der Waals surface area contributed by atoms with Crippen LogP contribution in [-0.4, -0.2) is 28.3 Å². The predicted molar refractivity (Wildman–Crippen MR) is 41.2 cm³/mol. The number of nitrogens with two attached hydrogens (primary N) is 1. The van der Waals surface area contributed by atoms with E-state index in [1.807, 2.05) is 0 Å². The number of hydrogen-bond donors (Lipinski definition) is 3. The largest absolute Gasteiger partial charge is 0.480 e. The van der Waals surface area contributed by atoms with E-state index in [0.717, 1.165) is 0 Å². The van der Waals surface area contributed by atoms with Crippen molar-refractivity contribution in [3.63, 3.8) is 0 Å². The van der Waals surface area contributed by atoms with Crippen molar-refractivity contribution >= 4 is 17.6 Å². The Hall–Kier alpha value is -0.580. The van der Waals surface area contributed by atoms with Crippen molar-refractivity contribution in [2.24, 2.45) is 5.73 Å². The molecule has 0 rings (SSSR count). The molecule has 0 aromatic rings. The molecule has 2 atom stereocenters. The fourth-order valence-electron chi connectivity index (χ4n) is 0.469. The maximum atomic E-state index is 10.1. The summed E-state index contributed by atoms with van der Waals surface area (Å²) >= 11 is 5.28. The van der Waals surface area contributed by atoms with Crippen LogP contribution in [0.2, 0.25) is 0 Å². The van der Waals surface area contributed by atoms with E-state index in [1.165, 1.54) is 0 Å². The number of rotatable bonds is 4. The third-order valence-corrected chi connectivity index (χ3v) is 1.41. The molecule has 0 aromatic carbocycles. The maximum absolute atomic E-state index is 10.1. The Balaban J connectivity index is 3.84. The first kappa shape index (κ1) is 10.4. The van der Waals surface area contributed by atoms with E-state index >= 15 is 0 Å². The number of carboxylic acids is 1. The van der Waals surface area contributed by atoms with Crippen LogP contribution in [0.1, 0.15) is 6.42 Å². The molecule has 0 amide bonds. The van der Waals surface area contributed by atoms with Gasteiger partial charge in [-0.1, -0.05) is 18.2 Å². The van der Waals surface area contributed by atoms with Crippen molar-refractivity contribution < 1.29 is 15.0 Å². The molecule has 5 heteroatoms. The number of carboxylic acid groups (broad SMARTS) is 1. The van der Waals surface area contributed by atoms with Gasteiger partial charge in [0.25, 0.3) is 0 Å². The van der Waals surface area contributed by atoms with E-state index in [4.69, 9.17) is 27.5 Å². The topological polar surface area (TPSA) is 83.5 Å². The summed E-state index contributed by atoms with van der Waals surface area (Å²) in [5, 5.41) is 17.3. The zero-order chi connectivity index (χ0) is 9.02. The molecule has 0 aliphatic carbocycles. The lowest BCUT2D eigenvalue weighted by molar-refractivity contribution is -0.139. The fourth-order valence-corrected chi connectivity index (χ4v) is 0.558. The minimum atomic E-state index is -1.16. The Morgan fingerprint density at radius 2 is 2.18 bits per heavy atom. The van der Waals surface area contributed by atoms with Gasteiger partial charge >= 0.3 is 5.97 Å². The molecule has 0 aliphatic heterocycles. The van der Waals surface area contributed by atoms with Crippen LogP contribution in [0.5, 0.6) is 0 Å². The second kappa shape index (κ2) is 4.33. The molecule has 4 N–H and O–H groups in total. The van der Waals surface area contributed by atoms with Gasteiger partial charge in [-0.2, -0.15) is 0 Å². The number of halogens is 1. The van der Waals surface area contributed by atoms with Gasteiger partial charge < -0.3 is 15.9 Å². The Labute approximate surface area is 69.3 Å². The number of carbonyl (C=O) groups is 1. The lowest BCUT2D eigenvalue weighted by atomic mass is 10.1. The van der Waals surface area contributed by atoms with Crippen LogP contribution in [0, 0.1) is 0 Å². The SMILES string of the molecule is C=C(Cl)C(O)CC(N)C(=O)O. The average Bonchev–Trinajstić information content (AvgIpc) is 1.87. The molecule has 2 unspecified atom stereocenters. The van der Waals surface area contributed by atoms with Gasteiger partial charge in [0.2, 0.25) is 0 Å². The Kier molecular flexibility index (Phi) is 4.10. The summed E-state index contributed by atoms with van der Waals surface area (Å²) < 4.78 is 0. The minimum absolute atomic E-state index is 0.00157. The highest BCUT2D eigenvalue weighted by molar-refractivity contribution is 6.29. The Morgan fingerprint density at radius 1 is 1.73 bits per heavy atom. The monoisotopic (exact) mass is 179 g/mol. The molecule has 0 spiro atoms. The first-order valence-electron chi connectivity index (χ1n) is 2.96. The molecule has 0 bridgehead atoms. The van der Waals surface area contributed by atoms with Gasteiger partial charge in [0.05, 0.1) is 6.10 Å². The molecular formula is C6H10ClNO3. The summed E-state index contributed by atoms with van der Waals surface area (Å²) in [6.45, 7) is 3.23. The van der Waals surface area contributed by atoms with E-state index in [2.05, 4.69) is 6.58 Å². The zero-order valence-corrected chi connectivity index (χ0v) is 6.58. The number of aliphatic hydroxyl groups excluding tert-OH is 1. The number of hydrogen-bond acceptors (Lipinski definition) is 3. The lowest BCUT2D eigenvalue weighted by Gasteiger charge is -2.10. The van der Waals surface area contributed by atoms with Gasteiger partial charge in [-0.15, -0.1) is 0 Å². The van der Waals surface area contributed by atoms with Crippen LogP contribution in [0.3, 0.4) is 0 Å². The van der Waals surface area contributed by atoms with Crippen molar-refractivity contribution in [3.8, 4) is 0 Å². The molecular weight excluding hydrogens is 170 g/mol. The van der Waals surface area contributed by atoms with Crippen LogP contribution in [0.15, 0.2) is 11.6 Å². The quantitative estimate of drug-likeness (QED) is 0.563. The minimum Gasteiger partial charge on any atom is -0.480 e. The third kappa shape index (κ3) is 3.98. The van der Waals surface area contributed by atoms with Gasteiger partial charge in [0, 0.05) is 11.5 Å². The fraction of sp³-hybridized carbons (Fsp3) is 0.500. The molecule has 11 heavy (non-hydrogen) atoms. The summed E-state index contributed by atoms with van der Waals surface area (Å²) in [6.07, 6.45) is -1.17. The van der Waals surface area contributed by atoms with Gasteiger partial charge in [-0.05, 0) is 0 Å². The van der Waals surface area contributed by atoms with Crippen molar-refractivity contribution in [2.75, 3.05) is 0 Å². The van der Waals surface area contributed by atoms with Gasteiger partial charge in [-0.3, -0.25) is 4.79 Å². The molecule has 4 nitrogen and oxygen atoms in total. The van der Waals surface area contributed by atoms with Crippen LogP contribution in [0.25, 0.3) is 0 Å². The van der Waals surface area contributed by atoms with E-state index < -0.39 is 18.1 Å². The van der Waals surface area contributed by atoms with E-state index in [1.54, 1.807) is 0 Å². The maximum Gasteiger partial charge on any atom is 0.320 e. The number of aliphatic hydroxyl groups is 1. The summed E-state index contributed by atoms with van der Waals surface area (Å²) in [5.41, 5.74) is 5.10. The average molecular weight is 180 g/mol. The molecule has 64 valence electrons. The summed E-state index contributed by atoms with van der Waals surface area (Å²) in [7, 11) is 0. The predicted octanol–water partition coefficient (Wildman–Crippen LogP) is -0.0982. The highest BCUT2D eigenvalue weighted by Crippen LogP contribution is 2.09. The van der Waals surface area contributed by atoms with Crippen molar-refractivity contribution in [1.82, 2.24) is 0 Å². The van der Waals surface area contributed by atoms with E-state index in [9.17, 15) is 4.79 Å². The Bertz CT molecular complexity index is 153. The molecule has 0 aromatic heterocycles. The molecule has 0 saturated carbocycles. The van der Waals surface area contributed by atoms with Crippen LogP contribution < -0.4 is 5.73 Å². The summed E-state index contributed by atoms with van der Waals surface area (Å²) in [4.78, 5) is 10.1. The van der Waals surface area contributed by atoms with E-state index in [-0.39, 0.29) is 11.5 Å². The highest BCUT2D eigenvalue weighted by Gasteiger charge is 2.17. The second-order valence-corrected chi connectivity index (χ2v) is 2.63. The molecule has 0 radical (unpaired) electrons.